The molecule has 0 aliphatic heterocycles. The highest BCUT2D eigenvalue weighted by molar-refractivity contribution is 5.91. The average Bonchev–Trinajstić information content (AvgIpc) is 2.77. The van der Waals surface area contributed by atoms with Crippen molar-refractivity contribution in [2.24, 2.45) is 5.41 Å². The van der Waals surface area contributed by atoms with Gasteiger partial charge in [-0.15, -0.1) is 0 Å². The number of carbonyl (C=O) groups excluding carboxylic acids is 2. The van der Waals surface area contributed by atoms with Crippen molar-refractivity contribution >= 4 is 17.7 Å². The molecular formula is C26H36N2O6. The predicted molar refractivity (Wildman–Crippen MR) is 132 cm³/mol. The van der Waals surface area contributed by atoms with Crippen molar-refractivity contribution in [1.29, 1.82) is 0 Å². The zero-order valence-corrected chi connectivity index (χ0v) is 21.3. The summed E-state index contributed by atoms with van der Waals surface area (Å²) in [5, 5.41) is 5.90. The summed E-state index contributed by atoms with van der Waals surface area (Å²) in [6.45, 7) is 11.5. The van der Waals surface area contributed by atoms with Crippen molar-refractivity contribution in [3.05, 3.63) is 48.0 Å². The molecular weight excluding hydrogens is 436 g/mol. The third-order valence-corrected chi connectivity index (χ3v) is 5.15. The number of amides is 2. The number of ether oxygens (including phenoxy) is 4. The molecule has 0 spiro atoms. The van der Waals surface area contributed by atoms with E-state index in [0.29, 0.717) is 22.9 Å². The zero-order valence-electron chi connectivity index (χ0n) is 21.3. The molecule has 0 fully saturated rings. The van der Waals surface area contributed by atoms with Crippen molar-refractivity contribution in [1.82, 2.24) is 5.32 Å². The van der Waals surface area contributed by atoms with Gasteiger partial charge in [0.25, 0.3) is 0 Å². The molecule has 0 radical (unpaired) electrons. The number of esters is 1. The molecule has 1 unspecified atom stereocenters. The fourth-order valence-corrected chi connectivity index (χ4v) is 3.36. The molecule has 0 aliphatic rings. The smallest absolute Gasteiger partial charge is 0.349 e. The van der Waals surface area contributed by atoms with Gasteiger partial charge in [0.15, 0.2) is 5.60 Å². The summed E-state index contributed by atoms with van der Waals surface area (Å²) in [7, 11) is 3.10. The number of urea groups is 1. The van der Waals surface area contributed by atoms with Crippen LogP contribution >= 0.6 is 0 Å². The summed E-state index contributed by atoms with van der Waals surface area (Å²) >= 11 is 0. The number of nitrogens with one attached hydrogen (secondary N) is 2. The van der Waals surface area contributed by atoms with E-state index in [1.165, 1.54) is 7.11 Å². The van der Waals surface area contributed by atoms with Crippen molar-refractivity contribution in [3.8, 4) is 17.2 Å². The van der Waals surface area contributed by atoms with Crippen LogP contribution in [0.5, 0.6) is 17.2 Å². The van der Waals surface area contributed by atoms with Gasteiger partial charge in [-0.05, 0) is 56.0 Å². The number of anilines is 1. The highest BCUT2D eigenvalue weighted by Gasteiger charge is 2.32. The summed E-state index contributed by atoms with van der Waals surface area (Å²) < 4.78 is 21.5. The lowest BCUT2D eigenvalue weighted by atomic mass is 9.82. The molecule has 0 aliphatic carbocycles. The van der Waals surface area contributed by atoms with Crippen LogP contribution in [0.25, 0.3) is 0 Å². The highest BCUT2D eigenvalue weighted by atomic mass is 16.6. The number of benzene rings is 2. The molecule has 0 heterocycles. The third kappa shape index (κ3) is 7.04. The van der Waals surface area contributed by atoms with E-state index >= 15 is 0 Å². The Balaban J connectivity index is 2.17. The van der Waals surface area contributed by atoms with Gasteiger partial charge < -0.3 is 29.6 Å². The van der Waals surface area contributed by atoms with E-state index in [4.69, 9.17) is 18.9 Å². The Bertz CT molecular complexity index is 980. The van der Waals surface area contributed by atoms with Crippen LogP contribution in [0.1, 0.15) is 53.1 Å². The molecule has 2 aromatic rings. The van der Waals surface area contributed by atoms with Crippen LogP contribution in [0.3, 0.4) is 0 Å². The second-order valence-electron chi connectivity index (χ2n) is 9.37. The lowest BCUT2D eigenvalue weighted by Crippen LogP contribution is -2.40. The van der Waals surface area contributed by atoms with Crippen LogP contribution in [-0.4, -0.2) is 38.4 Å². The number of carbonyl (C=O) groups is 2. The Morgan fingerprint density at radius 1 is 0.912 bits per heavy atom. The van der Waals surface area contributed by atoms with Gasteiger partial charge in [0.2, 0.25) is 0 Å². The van der Waals surface area contributed by atoms with Crippen molar-refractivity contribution < 1.29 is 28.5 Å². The topological polar surface area (TPSA) is 95.1 Å². The fraction of sp³-hybridized carbons (Fsp3) is 0.462. The van der Waals surface area contributed by atoms with E-state index in [2.05, 4.69) is 10.6 Å². The molecule has 2 aromatic carbocycles. The molecule has 0 saturated heterocycles. The first-order valence-corrected chi connectivity index (χ1v) is 11.2. The zero-order chi connectivity index (χ0) is 25.5. The lowest BCUT2D eigenvalue weighted by Gasteiger charge is -2.32. The van der Waals surface area contributed by atoms with Crippen LogP contribution in [0.15, 0.2) is 42.5 Å². The van der Waals surface area contributed by atoms with Gasteiger partial charge in [0.05, 0.1) is 32.6 Å². The van der Waals surface area contributed by atoms with Gasteiger partial charge >= 0.3 is 12.0 Å². The summed E-state index contributed by atoms with van der Waals surface area (Å²) in [4.78, 5) is 25.0. The second-order valence-corrected chi connectivity index (χ2v) is 9.37. The Morgan fingerprint density at radius 3 is 2.06 bits per heavy atom. The molecule has 2 amide bonds. The SMILES string of the molecule is CCOC(=O)C(C)(C)Oc1ccc(C(NC(=O)Nc2ccc(OC)cc2OC)C(C)(C)C)cc1. The number of hydrogen-bond donors (Lipinski definition) is 2. The molecule has 2 N–H and O–H groups in total. The first-order valence-electron chi connectivity index (χ1n) is 11.2. The van der Waals surface area contributed by atoms with E-state index in [0.717, 1.165) is 5.56 Å². The Labute approximate surface area is 201 Å². The van der Waals surface area contributed by atoms with Gasteiger partial charge in [-0.1, -0.05) is 32.9 Å². The molecule has 186 valence electrons. The standard InChI is InChI=1S/C26H36N2O6/c1-9-33-23(29)26(5,6)34-18-12-10-17(11-13-18)22(25(2,3)4)28-24(30)27-20-15-14-19(31-7)16-21(20)32-8/h10-16,22H,9H2,1-8H3,(H2,27,28,30). The van der Waals surface area contributed by atoms with E-state index in [-0.39, 0.29) is 24.1 Å². The minimum atomic E-state index is -1.11. The maximum Gasteiger partial charge on any atom is 0.349 e. The molecule has 0 saturated carbocycles. The van der Waals surface area contributed by atoms with Gasteiger partial charge in [-0.2, -0.15) is 0 Å². The van der Waals surface area contributed by atoms with Crippen LogP contribution < -0.4 is 24.8 Å². The molecule has 8 nitrogen and oxygen atoms in total. The first kappa shape index (κ1) is 26.8. The molecule has 0 bridgehead atoms. The lowest BCUT2D eigenvalue weighted by molar-refractivity contribution is -0.158. The van der Waals surface area contributed by atoms with Gasteiger partial charge in [0.1, 0.15) is 17.2 Å². The number of hydrogen-bond acceptors (Lipinski definition) is 6. The third-order valence-electron chi connectivity index (χ3n) is 5.15. The fourth-order valence-electron chi connectivity index (χ4n) is 3.36. The van der Waals surface area contributed by atoms with Crippen LogP contribution in [-0.2, 0) is 9.53 Å². The number of methoxy groups -OCH3 is 2. The maximum atomic E-state index is 12.9. The predicted octanol–water partition coefficient (Wildman–Crippen LogP) is 5.33. The number of rotatable bonds is 9. The van der Waals surface area contributed by atoms with E-state index in [1.807, 2.05) is 32.9 Å². The van der Waals surface area contributed by atoms with Crippen LogP contribution in [0.2, 0.25) is 0 Å². The molecule has 8 heteroatoms. The van der Waals surface area contributed by atoms with E-state index < -0.39 is 11.6 Å². The molecule has 0 aromatic heterocycles. The Hall–Kier alpha value is -3.42. The normalized spacial score (nSPS) is 12.4. The summed E-state index contributed by atoms with van der Waals surface area (Å²) in [5.74, 6) is 1.22. The quantitative estimate of drug-likeness (QED) is 0.479. The average molecular weight is 473 g/mol. The summed E-state index contributed by atoms with van der Waals surface area (Å²) in [6, 6.07) is 11.8. The van der Waals surface area contributed by atoms with Crippen molar-refractivity contribution in [2.75, 3.05) is 26.1 Å². The van der Waals surface area contributed by atoms with E-state index in [1.54, 1.807) is 58.2 Å². The molecule has 34 heavy (non-hydrogen) atoms. The van der Waals surface area contributed by atoms with Gasteiger partial charge in [-0.25, -0.2) is 9.59 Å². The first-order chi connectivity index (χ1) is 15.9. The molecule has 2 rings (SSSR count). The maximum absolute atomic E-state index is 12.9. The minimum Gasteiger partial charge on any atom is -0.497 e. The summed E-state index contributed by atoms with van der Waals surface area (Å²) in [5.41, 5.74) is 0.0220. The van der Waals surface area contributed by atoms with Crippen molar-refractivity contribution in [2.45, 2.75) is 53.2 Å². The second kappa shape index (κ2) is 11.1. The Kier molecular flexibility index (Phi) is 8.79. The highest BCUT2D eigenvalue weighted by Crippen LogP contribution is 2.35. The van der Waals surface area contributed by atoms with E-state index in [9.17, 15) is 9.59 Å². The monoisotopic (exact) mass is 472 g/mol. The minimum absolute atomic E-state index is 0.284. The van der Waals surface area contributed by atoms with Crippen molar-refractivity contribution in [3.63, 3.8) is 0 Å². The molecule has 1 atom stereocenters. The Morgan fingerprint density at radius 2 is 1.53 bits per heavy atom. The van der Waals surface area contributed by atoms with Crippen LogP contribution in [0, 0.1) is 5.41 Å². The summed E-state index contributed by atoms with van der Waals surface area (Å²) in [6.07, 6.45) is 0. The van der Waals surface area contributed by atoms with Gasteiger partial charge in [0, 0.05) is 6.07 Å². The van der Waals surface area contributed by atoms with Crippen LogP contribution in [0.4, 0.5) is 10.5 Å². The largest absolute Gasteiger partial charge is 0.497 e. The van der Waals surface area contributed by atoms with Gasteiger partial charge in [-0.3, -0.25) is 0 Å².